The van der Waals surface area contributed by atoms with Crippen LogP contribution in [-0.4, -0.2) is 16.5 Å². The highest BCUT2D eigenvalue weighted by molar-refractivity contribution is 6.12. The van der Waals surface area contributed by atoms with Crippen LogP contribution in [0.4, 0.5) is 0 Å². The van der Waals surface area contributed by atoms with Crippen molar-refractivity contribution in [3.8, 4) is 44.8 Å². The van der Waals surface area contributed by atoms with Gasteiger partial charge in [-0.3, -0.25) is 5.41 Å². The van der Waals surface area contributed by atoms with Gasteiger partial charge < -0.3 is 0 Å². The first-order chi connectivity index (χ1) is 26.6. The molecule has 0 spiro atoms. The van der Waals surface area contributed by atoms with E-state index in [1.54, 1.807) is 0 Å². The standard InChI is InChI=1S/C51H41N3/c1-2-37(50(42-19-11-5-12-20-42)54-51(52)43-21-13-6-14-22-43)31-36-23-25-39(26-24-36)44-29-27-40-28-30-45(33-46(40)32-44)49-35-47(38-15-7-3-8-16-38)34-48(53-49)41-17-9-4-10-18-41/h3-30,32-35,37,52H,2,31H2,1H3/b52-51?,54-50+. The van der Waals surface area contributed by atoms with Gasteiger partial charge in [0.2, 0.25) is 0 Å². The topological polar surface area (TPSA) is 49.1 Å². The Morgan fingerprint density at radius 1 is 0.481 bits per heavy atom. The Balaban J connectivity index is 1.08. The first-order valence-corrected chi connectivity index (χ1v) is 18.7. The molecule has 7 aromatic carbocycles. The molecule has 0 aliphatic heterocycles. The number of amidine groups is 1. The molecule has 0 saturated heterocycles. The lowest BCUT2D eigenvalue weighted by Gasteiger charge is -2.19. The maximum atomic E-state index is 8.80. The van der Waals surface area contributed by atoms with Crippen LogP contribution in [0.5, 0.6) is 0 Å². The van der Waals surface area contributed by atoms with Crippen molar-refractivity contribution >= 4 is 22.3 Å². The van der Waals surface area contributed by atoms with E-state index in [2.05, 4.69) is 146 Å². The summed E-state index contributed by atoms with van der Waals surface area (Å²) >= 11 is 0. The van der Waals surface area contributed by atoms with Gasteiger partial charge in [-0.1, -0.05) is 177 Å². The first-order valence-electron chi connectivity index (χ1n) is 18.7. The molecule has 3 nitrogen and oxygen atoms in total. The van der Waals surface area contributed by atoms with Gasteiger partial charge in [0.1, 0.15) is 0 Å². The van der Waals surface area contributed by atoms with Crippen molar-refractivity contribution in [3.63, 3.8) is 0 Å². The van der Waals surface area contributed by atoms with Gasteiger partial charge >= 0.3 is 0 Å². The van der Waals surface area contributed by atoms with Gasteiger partial charge in [-0.15, -0.1) is 0 Å². The molecule has 0 amide bonds. The van der Waals surface area contributed by atoms with E-state index in [1.165, 1.54) is 33.0 Å². The van der Waals surface area contributed by atoms with E-state index in [0.717, 1.165) is 57.8 Å². The molecule has 0 saturated carbocycles. The Bertz CT molecular complexity index is 2480. The number of hydrogen-bond donors (Lipinski definition) is 1. The van der Waals surface area contributed by atoms with Gasteiger partial charge in [0.25, 0.3) is 0 Å². The third-order valence-corrected chi connectivity index (χ3v) is 10.1. The highest BCUT2D eigenvalue weighted by Gasteiger charge is 2.19. The van der Waals surface area contributed by atoms with Crippen LogP contribution in [0.3, 0.4) is 0 Å². The van der Waals surface area contributed by atoms with Crippen molar-refractivity contribution in [2.75, 3.05) is 0 Å². The van der Waals surface area contributed by atoms with Gasteiger partial charge in [-0.2, -0.15) is 0 Å². The minimum atomic E-state index is 0.165. The van der Waals surface area contributed by atoms with Crippen molar-refractivity contribution < 1.29 is 0 Å². The first kappa shape index (κ1) is 34.4. The number of nitrogens with one attached hydrogen (secondary N) is 1. The molecule has 1 N–H and O–H groups in total. The second-order valence-corrected chi connectivity index (χ2v) is 13.7. The van der Waals surface area contributed by atoms with E-state index >= 15 is 0 Å². The highest BCUT2D eigenvalue weighted by atomic mass is 14.8. The average molecular weight is 696 g/mol. The Kier molecular flexibility index (Phi) is 10.1. The second-order valence-electron chi connectivity index (χ2n) is 13.7. The molecule has 1 aromatic heterocycles. The minimum absolute atomic E-state index is 0.165. The van der Waals surface area contributed by atoms with Gasteiger partial charge in [0.05, 0.1) is 17.1 Å². The van der Waals surface area contributed by atoms with E-state index < -0.39 is 0 Å². The average Bonchev–Trinajstić information content (AvgIpc) is 3.25. The zero-order valence-corrected chi connectivity index (χ0v) is 30.4. The SMILES string of the molecule is CCC(Cc1ccc(-c2ccc3ccc(-c4cc(-c5ccccc5)cc(-c5ccccc5)n4)cc3c2)cc1)/C(=N\C(=N)c1ccccc1)c1ccccc1. The summed E-state index contributed by atoms with van der Waals surface area (Å²) in [5, 5.41) is 11.2. The molecule has 1 unspecified atom stereocenters. The number of nitrogens with zero attached hydrogens (tertiary/aromatic N) is 2. The Morgan fingerprint density at radius 3 is 1.61 bits per heavy atom. The molecular formula is C51H41N3. The van der Waals surface area contributed by atoms with Crippen molar-refractivity contribution in [2.45, 2.75) is 19.8 Å². The highest BCUT2D eigenvalue weighted by Crippen LogP contribution is 2.33. The summed E-state index contributed by atoms with van der Waals surface area (Å²) < 4.78 is 0. The van der Waals surface area contributed by atoms with Crippen LogP contribution >= 0.6 is 0 Å². The Morgan fingerprint density at radius 2 is 0.981 bits per heavy atom. The van der Waals surface area contributed by atoms with Crippen molar-refractivity contribution in [1.82, 2.24) is 4.98 Å². The van der Waals surface area contributed by atoms with Crippen LogP contribution in [0.1, 0.15) is 30.0 Å². The zero-order chi connectivity index (χ0) is 36.7. The summed E-state index contributed by atoms with van der Waals surface area (Å²) in [5.41, 5.74) is 12.9. The fourth-order valence-corrected chi connectivity index (χ4v) is 7.15. The summed E-state index contributed by atoms with van der Waals surface area (Å²) in [6.07, 6.45) is 1.76. The lowest BCUT2D eigenvalue weighted by molar-refractivity contribution is 0.663. The van der Waals surface area contributed by atoms with Gasteiger partial charge in [-0.25, -0.2) is 9.98 Å². The predicted octanol–water partition coefficient (Wildman–Crippen LogP) is 13.0. The fourth-order valence-electron chi connectivity index (χ4n) is 7.15. The molecule has 3 heteroatoms. The van der Waals surface area contributed by atoms with Gasteiger partial charge in [-0.05, 0) is 81.3 Å². The van der Waals surface area contributed by atoms with Crippen molar-refractivity contribution in [3.05, 3.63) is 211 Å². The zero-order valence-electron chi connectivity index (χ0n) is 30.4. The molecule has 0 bridgehead atoms. The summed E-state index contributed by atoms with van der Waals surface area (Å²) in [6.45, 7) is 2.21. The maximum absolute atomic E-state index is 8.80. The predicted molar refractivity (Wildman–Crippen MR) is 227 cm³/mol. The molecule has 54 heavy (non-hydrogen) atoms. The molecular weight excluding hydrogens is 655 g/mol. The number of aliphatic imine (C=N–C) groups is 1. The number of rotatable bonds is 10. The summed E-state index contributed by atoms with van der Waals surface area (Å²) in [4.78, 5) is 10.1. The minimum Gasteiger partial charge on any atom is -0.282 e. The number of fused-ring (bicyclic) bond motifs is 1. The van der Waals surface area contributed by atoms with E-state index in [9.17, 15) is 0 Å². The van der Waals surface area contributed by atoms with Crippen LogP contribution < -0.4 is 0 Å². The molecule has 1 atom stereocenters. The summed E-state index contributed by atoms with van der Waals surface area (Å²) in [7, 11) is 0. The van der Waals surface area contributed by atoms with E-state index in [0.29, 0.717) is 5.84 Å². The fraction of sp³-hybridized carbons (Fsp3) is 0.0784. The quantitative estimate of drug-likeness (QED) is 0.112. The maximum Gasteiger partial charge on any atom is 0.152 e. The van der Waals surface area contributed by atoms with E-state index in [4.69, 9.17) is 15.4 Å². The Hall–Kier alpha value is -6.71. The second kappa shape index (κ2) is 15.9. The summed E-state index contributed by atoms with van der Waals surface area (Å²) in [5.74, 6) is 0.455. The summed E-state index contributed by atoms with van der Waals surface area (Å²) in [6, 6.07) is 67.7. The van der Waals surface area contributed by atoms with Crippen molar-refractivity contribution in [1.29, 1.82) is 5.41 Å². The molecule has 8 rings (SSSR count). The smallest absolute Gasteiger partial charge is 0.152 e. The van der Waals surface area contributed by atoms with E-state index in [1.807, 2.05) is 54.6 Å². The molecule has 1 heterocycles. The molecule has 8 aromatic rings. The molecule has 0 aliphatic rings. The number of aromatic nitrogens is 1. The van der Waals surface area contributed by atoms with Crippen LogP contribution in [-0.2, 0) is 6.42 Å². The molecule has 260 valence electrons. The number of pyridine rings is 1. The lowest BCUT2D eigenvalue weighted by atomic mass is 9.87. The van der Waals surface area contributed by atoms with Crippen LogP contribution in [0.15, 0.2) is 199 Å². The van der Waals surface area contributed by atoms with E-state index in [-0.39, 0.29) is 5.92 Å². The molecule has 0 aliphatic carbocycles. The van der Waals surface area contributed by atoms with Gasteiger partial charge in [0, 0.05) is 22.6 Å². The number of benzene rings is 7. The lowest BCUT2D eigenvalue weighted by Crippen LogP contribution is -2.20. The van der Waals surface area contributed by atoms with Crippen LogP contribution in [0, 0.1) is 11.3 Å². The molecule has 0 fully saturated rings. The van der Waals surface area contributed by atoms with Crippen molar-refractivity contribution in [2.24, 2.45) is 10.9 Å². The number of hydrogen-bond acceptors (Lipinski definition) is 2. The van der Waals surface area contributed by atoms with Crippen LogP contribution in [0.25, 0.3) is 55.5 Å². The monoisotopic (exact) mass is 695 g/mol. The van der Waals surface area contributed by atoms with Gasteiger partial charge in [0.15, 0.2) is 5.84 Å². The third kappa shape index (κ3) is 7.72. The third-order valence-electron chi connectivity index (χ3n) is 10.1. The largest absolute Gasteiger partial charge is 0.282 e. The normalized spacial score (nSPS) is 12.1. The molecule has 0 radical (unpaired) electrons. The van der Waals surface area contributed by atoms with Crippen LogP contribution in [0.2, 0.25) is 0 Å². The Labute approximate surface area is 317 Å².